The topological polar surface area (TPSA) is 53.9 Å². The van der Waals surface area contributed by atoms with Crippen molar-refractivity contribution in [3.05, 3.63) is 52.5 Å². The first-order valence-corrected chi connectivity index (χ1v) is 11.2. The lowest BCUT2D eigenvalue weighted by Crippen LogP contribution is -2.19. The van der Waals surface area contributed by atoms with Crippen molar-refractivity contribution in [2.24, 2.45) is 0 Å². The van der Waals surface area contributed by atoms with Crippen LogP contribution in [-0.4, -0.2) is 28.0 Å². The minimum atomic E-state index is -2.97. The fraction of sp³-hybridized carbons (Fsp3) is 0.435. The highest BCUT2D eigenvalue weighted by Gasteiger charge is 2.28. The lowest BCUT2D eigenvalue weighted by molar-refractivity contribution is 0.103. The van der Waals surface area contributed by atoms with E-state index in [9.17, 15) is 8.78 Å². The summed E-state index contributed by atoms with van der Waals surface area (Å²) in [5.41, 5.74) is 1.13. The molecule has 1 aliphatic rings. The number of hydrogen-bond acceptors (Lipinski definition) is 5. The summed E-state index contributed by atoms with van der Waals surface area (Å²) in [6, 6.07) is 6.91. The first-order chi connectivity index (χ1) is 14.6. The molecule has 31 heavy (non-hydrogen) atoms. The number of alkyl halides is 2. The van der Waals surface area contributed by atoms with Crippen LogP contribution < -0.4 is 10.2 Å². The molecule has 0 spiro atoms. The van der Waals surface area contributed by atoms with Gasteiger partial charge < -0.3 is 10.2 Å². The number of aromatic nitrogens is 3. The molecule has 1 aromatic carbocycles. The van der Waals surface area contributed by atoms with Crippen LogP contribution in [0.15, 0.2) is 24.3 Å². The van der Waals surface area contributed by atoms with Gasteiger partial charge in [0.05, 0.1) is 22.8 Å². The lowest BCUT2D eigenvalue weighted by Gasteiger charge is -2.23. The van der Waals surface area contributed by atoms with E-state index in [1.165, 1.54) is 18.9 Å². The first kappa shape index (κ1) is 21.8. The maximum Gasteiger partial charge on any atom is 0.284 e. The van der Waals surface area contributed by atoms with Crippen molar-refractivity contribution in [3.63, 3.8) is 0 Å². The molecule has 0 aliphatic carbocycles. The van der Waals surface area contributed by atoms with Gasteiger partial charge in [-0.1, -0.05) is 27.4 Å². The fourth-order valence-electron chi connectivity index (χ4n) is 4.40. The Bertz CT molecular complexity index is 1120. The molecule has 3 heterocycles. The van der Waals surface area contributed by atoms with Crippen molar-refractivity contribution in [1.82, 2.24) is 15.0 Å². The van der Waals surface area contributed by atoms with Gasteiger partial charge in [-0.2, -0.15) is 8.78 Å². The Morgan fingerprint density at radius 3 is 2.48 bits per heavy atom. The van der Waals surface area contributed by atoms with Crippen molar-refractivity contribution >= 4 is 31.8 Å². The summed E-state index contributed by atoms with van der Waals surface area (Å²) in [5.74, 6) is 1.29. The van der Waals surface area contributed by atoms with Crippen molar-refractivity contribution in [3.8, 4) is 0 Å². The second-order valence-corrected chi connectivity index (χ2v) is 9.01. The zero-order valence-corrected chi connectivity index (χ0v) is 19.5. The molecule has 164 valence electrons. The van der Waals surface area contributed by atoms with Gasteiger partial charge in [-0.05, 0) is 57.7 Å². The van der Waals surface area contributed by atoms with Crippen LogP contribution >= 0.6 is 9.24 Å². The quantitative estimate of drug-likeness (QED) is 0.517. The Kier molecular flexibility index (Phi) is 5.82. The summed E-state index contributed by atoms with van der Waals surface area (Å²) < 4.78 is 28.0. The molecule has 1 fully saturated rings. The molecule has 2 aromatic heterocycles. The van der Waals surface area contributed by atoms with Crippen molar-refractivity contribution < 1.29 is 8.78 Å². The number of fused-ring (bicyclic) bond motifs is 1. The third kappa shape index (κ3) is 4.33. The van der Waals surface area contributed by atoms with E-state index < -0.39 is 5.66 Å². The molecule has 8 heteroatoms. The van der Waals surface area contributed by atoms with E-state index in [2.05, 4.69) is 26.3 Å². The summed E-state index contributed by atoms with van der Waals surface area (Å²) in [6.07, 6.45) is 2.36. The number of aryl methyl sites for hydroxylation is 2. The number of rotatable bonds is 5. The number of hydrogen-bond donors (Lipinski definition) is 1. The van der Waals surface area contributed by atoms with E-state index in [0.29, 0.717) is 22.9 Å². The van der Waals surface area contributed by atoms with Gasteiger partial charge in [0.1, 0.15) is 11.6 Å². The van der Waals surface area contributed by atoms with Gasteiger partial charge in [0, 0.05) is 18.7 Å². The van der Waals surface area contributed by atoms with Crippen LogP contribution in [0.4, 0.5) is 20.3 Å². The maximum atomic E-state index is 14.0. The number of nitrogens with one attached hydrogen (secondary N) is 1. The minimum Gasteiger partial charge on any atom is -0.370 e. The summed E-state index contributed by atoms with van der Waals surface area (Å²) in [6.45, 7) is 9.59. The number of benzene rings is 1. The van der Waals surface area contributed by atoms with E-state index in [1.807, 2.05) is 26.8 Å². The SMILES string of the molecule is Cc1nc(N[C@H](C)c2cccc(C(F)(F)P)c2C)c2cc(N3CCCC3)c(C)nc2n1. The van der Waals surface area contributed by atoms with Gasteiger partial charge >= 0.3 is 0 Å². The van der Waals surface area contributed by atoms with Crippen LogP contribution in [0.25, 0.3) is 11.0 Å². The molecule has 5 nitrogen and oxygen atoms in total. The Labute approximate surface area is 183 Å². The molecule has 0 radical (unpaired) electrons. The Morgan fingerprint density at radius 2 is 1.81 bits per heavy atom. The van der Waals surface area contributed by atoms with Gasteiger partial charge in [0.2, 0.25) is 0 Å². The highest BCUT2D eigenvalue weighted by molar-refractivity contribution is 7.17. The van der Waals surface area contributed by atoms with E-state index in [1.54, 1.807) is 22.2 Å². The molecule has 0 saturated carbocycles. The van der Waals surface area contributed by atoms with E-state index >= 15 is 0 Å². The van der Waals surface area contributed by atoms with E-state index in [0.717, 1.165) is 35.4 Å². The standard InChI is InChI=1S/C23H28F2N5P/c1-13-17(8-7-9-19(13)23(24,25)31)14(2)26-21-18-12-20(30-10-5-6-11-30)15(3)27-22(18)29-16(4)28-21/h7-9,12,14H,5-6,10-11,31H2,1-4H3,(H,26,27,28,29)/t14-/m1/s1. The molecule has 1 N–H and O–H groups in total. The van der Waals surface area contributed by atoms with Gasteiger partial charge in [-0.15, -0.1) is 0 Å². The Morgan fingerprint density at radius 1 is 1.10 bits per heavy atom. The maximum absolute atomic E-state index is 14.0. The average molecular weight is 443 g/mol. The Hall–Kier alpha value is -2.40. The van der Waals surface area contributed by atoms with Gasteiger partial charge in [-0.25, -0.2) is 15.0 Å². The van der Waals surface area contributed by atoms with Gasteiger partial charge in [-0.3, -0.25) is 0 Å². The highest BCUT2D eigenvalue weighted by atomic mass is 31.0. The summed E-state index contributed by atoms with van der Waals surface area (Å²) in [5, 5.41) is 4.28. The third-order valence-electron chi connectivity index (χ3n) is 5.96. The molecule has 2 atom stereocenters. The molecule has 4 rings (SSSR count). The molecule has 1 unspecified atom stereocenters. The number of nitrogens with zero attached hydrogens (tertiary/aromatic N) is 4. The zero-order valence-electron chi connectivity index (χ0n) is 18.3. The number of halogens is 2. The van der Waals surface area contributed by atoms with Crippen LogP contribution in [0.1, 0.15) is 54.0 Å². The number of anilines is 2. The summed E-state index contributed by atoms with van der Waals surface area (Å²) in [4.78, 5) is 16.3. The molecule has 1 saturated heterocycles. The Balaban J connectivity index is 1.75. The summed E-state index contributed by atoms with van der Waals surface area (Å²) >= 11 is 0. The second-order valence-electron chi connectivity index (χ2n) is 8.29. The second kappa shape index (κ2) is 8.27. The molecular formula is C23H28F2N5P. The van der Waals surface area contributed by atoms with Crippen LogP contribution in [-0.2, 0) is 5.66 Å². The van der Waals surface area contributed by atoms with E-state index in [-0.39, 0.29) is 11.6 Å². The summed E-state index contributed by atoms with van der Waals surface area (Å²) in [7, 11) is 1.63. The fourth-order valence-corrected chi connectivity index (χ4v) is 4.71. The molecule has 3 aromatic rings. The van der Waals surface area contributed by atoms with Gasteiger partial charge in [0.25, 0.3) is 5.66 Å². The van der Waals surface area contributed by atoms with Crippen LogP contribution in [0.2, 0.25) is 0 Å². The van der Waals surface area contributed by atoms with Crippen LogP contribution in [0, 0.1) is 20.8 Å². The molecule has 0 bridgehead atoms. The largest absolute Gasteiger partial charge is 0.370 e. The average Bonchev–Trinajstić information content (AvgIpc) is 3.21. The first-order valence-electron chi connectivity index (χ1n) is 10.6. The predicted molar refractivity (Wildman–Crippen MR) is 125 cm³/mol. The zero-order chi connectivity index (χ0) is 22.3. The van der Waals surface area contributed by atoms with Crippen LogP contribution in [0.5, 0.6) is 0 Å². The number of pyridine rings is 1. The smallest absolute Gasteiger partial charge is 0.284 e. The normalized spacial score (nSPS) is 15.5. The molecule has 1 aliphatic heterocycles. The monoisotopic (exact) mass is 443 g/mol. The van der Waals surface area contributed by atoms with Crippen molar-refractivity contribution in [1.29, 1.82) is 0 Å². The van der Waals surface area contributed by atoms with Crippen molar-refractivity contribution in [2.75, 3.05) is 23.3 Å². The lowest BCUT2D eigenvalue weighted by atomic mass is 9.97. The van der Waals surface area contributed by atoms with Crippen LogP contribution in [0.3, 0.4) is 0 Å². The molecular weight excluding hydrogens is 415 g/mol. The highest BCUT2D eigenvalue weighted by Crippen LogP contribution is 2.39. The predicted octanol–water partition coefficient (Wildman–Crippen LogP) is 5.65. The van der Waals surface area contributed by atoms with Gasteiger partial charge in [0.15, 0.2) is 5.65 Å². The van der Waals surface area contributed by atoms with E-state index in [4.69, 9.17) is 4.98 Å². The molecule has 0 amide bonds. The third-order valence-corrected chi connectivity index (χ3v) is 6.27. The van der Waals surface area contributed by atoms with Crippen molar-refractivity contribution in [2.45, 2.75) is 52.2 Å². The minimum absolute atomic E-state index is 0.0148.